The molecule has 0 saturated heterocycles. The summed E-state index contributed by atoms with van der Waals surface area (Å²) in [5.74, 6) is -0.349. The maximum atomic E-state index is 13.3. The van der Waals surface area contributed by atoms with Crippen molar-refractivity contribution in [1.82, 2.24) is 4.98 Å². The number of alkyl halides is 3. The summed E-state index contributed by atoms with van der Waals surface area (Å²) in [5.41, 5.74) is 0.951. The zero-order chi connectivity index (χ0) is 18.5. The van der Waals surface area contributed by atoms with Crippen LogP contribution in [0.25, 0.3) is 10.9 Å². The van der Waals surface area contributed by atoms with Gasteiger partial charge in [-0.2, -0.15) is 13.2 Å². The summed E-state index contributed by atoms with van der Waals surface area (Å²) in [5, 5.41) is 10.1. The molecule has 26 heavy (non-hydrogen) atoms. The first kappa shape index (κ1) is 17.1. The Morgan fingerprint density at radius 1 is 1.15 bits per heavy atom. The average Bonchev–Trinajstić information content (AvgIpc) is 2.90. The fraction of sp³-hybridized carbons (Fsp3) is 0.263. The summed E-state index contributed by atoms with van der Waals surface area (Å²) < 4.78 is 45.4. The number of fused-ring (bicyclic) bond motifs is 1. The third-order valence-corrected chi connectivity index (χ3v) is 5.06. The fourth-order valence-corrected chi connectivity index (χ4v) is 3.51. The van der Waals surface area contributed by atoms with E-state index in [2.05, 4.69) is 4.98 Å². The lowest BCUT2D eigenvalue weighted by atomic mass is 9.80. The second-order valence-electron chi connectivity index (χ2n) is 6.48. The molecule has 1 aliphatic carbocycles. The van der Waals surface area contributed by atoms with E-state index in [1.165, 1.54) is 6.42 Å². The number of aromatic nitrogens is 1. The van der Waals surface area contributed by atoms with Gasteiger partial charge in [-0.15, -0.1) is 0 Å². The molecule has 0 amide bonds. The highest BCUT2D eigenvalue weighted by Gasteiger charge is 2.36. The molecule has 0 radical (unpaired) electrons. The number of ether oxygens (including phenoxy) is 1. The second kappa shape index (κ2) is 6.13. The van der Waals surface area contributed by atoms with E-state index in [1.807, 2.05) is 6.20 Å². The minimum absolute atomic E-state index is 0.260. The lowest BCUT2D eigenvalue weighted by Gasteiger charge is -2.25. The van der Waals surface area contributed by atoms with E-state index in [9.17, 15) is 18.3 Å². The predicted molar refractivity (Wildman–Crippen MR) is 93.1 cm³/mol. The van der Waals surface area contributed by atoms with Crippen molar-refractivity contribution in [1.29, 1.82) is 0 Å². The highest BCUT2D eigenvalue weighted by molar-refractivity contribution is 6.32. The Morgan fingerprint density at radius 3 is 2.58 bits per heavy atom. The van der Waals surface area contributed by atoms with Crippen molar-refractivity contribution in [3.8, 4) is 17.2 Å². The van der Waals surface area contributed by atoms with Crippen LogP contribution in [0.1, 0.15) is 36.3 Å². The summed E-state index contributed by atoms with van der Waals surface area (Å²) in [4.78, 5) is 3.19. The molecule has 1 aliphatic rings. The monoisotopic (exact) mass is 381 g/mol. The maximum Gasteiger partial charge on any atom is 0.420 e. The van der Waals surface area contributed by atoms with Gasteiger partial charge in [-0.3, -0.25) is 0 Å². The Bertz CT molecular complexity index is 977. The summed E-state index contributed by atoms with van der Waals surface area (Å²) in [6.07, 6.45) is 0.658. The molecule has 2 N–H and O–H groups in total. The van der Waals surface area contributed by atoms with Gasteiger partial charge in [-0.05, 0) is 48.6 Å². The molecule has 2 aromatic carbocycles. The Morgan fingerprint density at radius 2 is 1.92 bits per heavy atom. The summed E-state index contributed by atoms with van der Waals surface area (Å²) >= 11 is 5.91. The van der Waals surface area contributed by atoms with E-state index in [1.54, 1.807) is 18.2 Å². The number of hydrogen-bond donors (Lipinski definition) is 2. The third-order valence-electron chi connectivity index (χ3n) is 4.78. The van der Waals surface area contributed by atoms with Gasteiger partial charge >= 0.3 is 6.18 Å². The zero-order valence-corrected chi connectivity index (χ0v) is 14.3. The molecule has 3 nitrogen and oxygen atoms in total. The molecule has 1 saturated carbocycles. The first-order valence-electron chi connectivity index (χ1n) is 8.21. The molecule has 0 bridgehead atoms. The summed E-state index contributed by atoms with van der Waals surface area (Å²) in [6.45, 7) is 0. The molecule has 0 unspecified atom stereocenters. The molecule has 1 heterocycles. The zero-order valence-electron chi connectivity index (χ0n) is 13.5. The molecule has 7 heteroatoms. The van der Waals surface area contributed by atoms with Crippen molar-refractivity contribution >= 4 is 22.5 Å². The predicted octanol–water partition coefficient (Wildman–Crippen LogP) is 6.61. The van der Waals surface area contributed by atoms with Gasteiger partial charge in [0, 0.05) is 23.2 Å². The summed E-state index contributed by atoms with van der Waals surface area (Å²) in [7, 11) is 0. The Labute approximate surface area is 152 Å². The van der Waals surface area contributed by atoms with Crippen LogP contribution in [0.15, 0.2) is 36.5 Å². The standard InChI is InChI=1S/C19H15ClF3NO2/c20-16-7-11(25)6-15(19(21,22)23)18(16)26-12-4-5-17-13(8-12)14(9-24-17)10-2-1-3-10/h4-10,24-25H,1-3H2. The van der Waals surface area contributed by atoms with Gasteiger partial charge in [0.2, 0.25) is 0 Å². The van der Waals surface area contributed by atoms with Gasteiger partial charge in [-0.25, -0.2) is 0 Å². The summed E-state index contributed by atoms with van der Waals surface area (Å²) in [6, 6.07) is 6.72. The van der Waals surface area contributed by atoms with E-state index in [0.29, 0.717) is 12.0 Å². The molecule has 1 fully saturated rings. The molecular weight excluding hydrogens is 367 g/mol. The number of aromatic amines is 1. The molecule has 1 aromatic heterocycles. The first-order valence-corrected chi connectivity index (χ1v) is 8.59. The largest absolute Gasteiger partial charge is 0.508 e. The molecule has 136 valence electrons. The number of phenolic OH excluding ortho intramolecular Hbond substituents is 1. The van der Waals surface area contributed by atoms with Crippen LogP contribution in [-0.4, -0.2) is 10.1 Å². The smallest absolute Gasteiger partial charge is 0.420 e. The number of halogens is 4. The normalized spacial score (nSPS) is 15.2. The van der Waals surface area contributed by atoms with Gasteiger partial charge in [-0.1, -0.05) is 18.0 Å². The number of phenols is 1. The Balaban J connectivity index is 1.76. The molecule has 3 aromatic rings. The van der Waals surface area contributed by atoms with Crippen molar-refractivity contribution in [3.05, 3.63) is 52.7 Å². The van der Waals surface area contributed by atoms with Crippen LogP contribution in [-0.2, 0) is 6.18 Å². The van der Waals surface area contributed by atoms with Gasteiger partial charge in [0.05, 0.1) is 5.02 Å². The molecule has 4 rings (SSSR count). The van der Waals surface area contributed by atoms with Crippen molar-refractivity contribution in [2.75, 3.05) is 0 Å². The molecular formula is C19H15ClF3NO2. The highest BCUT2D eigenvalue weighted by Crippen LogP contribution is 2.45. The van der Waals surface area contributed by atoms with E-state index < -0.39 is 23.2 Å². The number of rotatable bonds is 3. The first-order chi connectivity index (χ1) is 12.3. The highest BCUT2D eigenvalue weighted by atomic mass is 35.5. The lowest BCUT2D eigenvalue weighted by molar-refractivity contribution is -0.138. The Kier molecular flexibility index (Phi) is 4.03. The van der Waals surface area contributed by atoms with E-state index in [-0.39, 0.29) is 10.8 Å². The average molecular weight is 382 g/mol. The van der Waals surface area contributed by atoms with Crippen LogP contribution in [0, 0.1) is 0 Å². The van der Waals surface area contributed by atoms with Crippen molar-refractivity contribution in [3.63, 3.8) is 0 Å². The van der Waals surface area contributed by atoms with E-state index >= 15 is 0 Å². The van der Waals surface area contributed by atoms with Gasteiger partial charge in [0.15, 0.2) is 5.75 Å². The fourth-order valence-electron chi connectivity index (χ4n) is 3.25. The van der Waals surface area contributed by atoms with Crippen LogP contribution in [0.5, 0.6) is 17.2 Å². The Hall–Kier alpha value is -2.34. The molecule has 0 atom stereocenters. The van der Waals surface area contributed by atoms with Crippen LogP contribution in [0.2, 0.25) is 5.02 Å². The SMILES string of the molecule is Oc1cc(Cl)c(Oc2ccc3[nH]cc(C4CCC4)c3c2)c(C(F)(F)F)c1. The number of nitrogens with one attached hydrogen (secondary N) is 1. The second-order valence-corrected chi connectivity index (χ2v) is 6.89. The quantitative estimate of drug-likeness (QED) is 0.536. The van der Waals surface area contributed by atoms with Crippen LogP contribution in [0.4, 0.5) is 13.2 Å². The van der Waals surface area contributed by atoms with E-state index in [4.69, 9.17) is 16.3 Å². The number of benzene rings is 2. The van der Waals surface area contributed by atoms with Crippen molar-refractivity contribution < 1.29 is 23.0 Å². The van der Waals surface area contributed by atoms with Crippen LogP contribution in [0.3, 0.4) is 0 Å². The molecule has 0 aliphatic heterocycles. The van der Waals surface area contributed by atoms with Crippen LogP contribution < -0.4 is 4.74 Å². The third kappa shape index (κ3) is 2.98. The van der Waals surface area contributed by atoms with E-state index in [0.717, 1.165) is 35.4 Å². The lowest BCUT2D eigenvalue weighted by Crippen LogP contribution is -2.08. The van der Waals surface area contributed by atoms with Gasteiger partial charge in [0.25, 0.3) is 0 Å². The van der Waals surface area contributed by atoms with Crippen molar-refractivity contribution in [2.45, 2.75) is 31.4 Å². The van der Waals surface area contributed by atoms with Gasteiger partial charge < -0.3 is 14.8 Å². The maximum absolute atomic E-state index is 13.3. The van der Waals surface area contributed by atoms with Crippen LogP contribution >= 0.6 is 11.6 Å². The topological polar surface area (TPSA) is 45.2 Å². The van der Waals surface area contributed by atoms with Gasteiger partial charge in [0.1, 0.15) is 17.1 Å². The number of H-pyrrole nitrogens is 1. The molecule has 0 spiro atoms. The minimum atomic E-state index is -4.70. The number of hydrogen-bond acceptors (Lipinski definition) is 2. The number of aromatic hydroxyl groups is 1. The minimum Gasteiger partial charge on any atom is -0.508 e. The van der Waals surface area contributed by atoms with Crippen molar-refractivity contribution in [2.24, 2.45) is 0 Å².